The van der Waals surface area contributed by atoms with Crippen molar-refractivity contribution in [3.63, 3.8) is 0 Å². The summed E-state index contributed by atoms with van der Waals surface area (Å²) >= 11 is 0. The topological polar surface area (TPSA) is 83.1 Å². The Labute approximate surface area is 148 Å². The van der Waals surface area contributed by atoms with Gasteiger partial charge in [0, 0.05) is 25.0 Å². The van der Waals surface area contributed by atoms with Crippen LogP contribution in [0.15, 0.2) is 0 Å². The van der Waals surface area contributed by atoms with Gasteiger partial charge >= 0.3 is 11.9 Å². The van der Waals surface area contributed by atoms with Crippen LogP contribution < -0.4 is 5.32 Å². The molecular weight excluding hydrogens is 326 g/mol. The van der Waals surface area contributed by atoms with Gasteiger partial charge in [0.2, 0.25) is 0 Å². The van der Waals surface area contributed by atoms with Crippen LogP contribution in [0.3, 0.4) is 0 Å². The Morgan fingerprint density at radius 1 is 0.960 bits per heavy atom. The van der Waals surface area contributed by atoms with E-state index in [1.807, 2.05) is 0 Å². The SMILES string of the molecule is COC(=O)C1NC(C(=O)OC)[C@]2(C(OC)OC)CC[C@@H]3CCCC13C2. The Hall–Kier alpha value is -1.18. The third kappa shape index (κ3) is 2.59. The zero-order chi connectivity index (χ0) is 18.2. The van der Waals surface area contributed by atoms with E-state index in [9.17, 15) is 9.59 Å². The van der Waals surface area contributed by atoms with Crippen LogP contribution in [-0.2, 0) is 28.5 Å². The average Bonchev–Trinajstić information content (AvgIpc) is 3.04. The van der Waals surface area contributed by atoms with Crippen LogP contribution in [0.4, 0.5) is 0 Å². The van der Waals surface area contributed by atoms with Crippen LogP contribution in [0.1, 0.15) is 38.5 Å². The van der Waals surface area contributed by atoms with Crippen molar-refractivity contribution in [2.24, 2.45) is 16.7 Å². The number of carbonyl (C=O) groups excluding carboxylic acids is 2. The Bertz CT molecular complexity index is 536. The lowest BCUT2D eigenvalue weighted by atomic mass is 9.50. The molecule has 2 saturated carbocycles. The summed E-state index contributed by atoms with van der Waals surface area (Å²) in [6, 6.07) is -1.17. The van der Waals surface area contributed by atoms with Crippen molar-refractivity contribution in [3.8, 4) is 0 Å². The average molecular weight is 355 g/mol. The molecule has 3 fully saturated rings. The number of methoxy groups -OCH3 is 4. The number of hydrogen-bond donors (Lipinski definition) is 1. The molecule has 0 radical (unpaired) electrons. The Morgan fingerprint density at radius 3 is 2.20 bits per heavy atom. The molecule has 1 spiro atoms. The number of fused-ring (bicyclic) bond motifs is 1. The number of rotatable bonds is 5. The van der Waals surface area contributed by atoms with E-state index in [-0.39, 0.29) is 17.4 Å². The van der Waals surface area contributed by atoms with E-state index in [1.165, 1.54) is 14.2 Å². The Morgan fingerprint density at radius 2 is 1.60 bits per heavy atom. The third-order valence-electron chi connectivity index (χ3n) is 6.88. The zero-order valence-electron chi connectivity index (χ0n) is 15.5. The lowest BCUT2D eigenvalue weighted by Gasteiger charge is -2.60. The van der Waals surface area contributed by atoms with Crippen LogP contribution in [0.2, 0.25) is 0 Å². The highest BCUT2D eigenvalue weighted by molar-refractivity contribution is 5.82. The van der Waals surface area contributed by atoms with Crippen molar-refractivity contribution in [3.05, 3.63) is 0 Å². The van der Waals surface area contributed by atoms with Gasteiger partial charge in [-0.05, 0) is 38.0 Å². The fourth-order valence-electron chi connectivity index (χ4n) is 5.95. The first-order chi connectivity index (χ1) is 12.0. The minimum absolute atomic E-state index is 0.217. The summed E-state index contributed by atoms with van der Waals surface area (Å²) in [5.74, 6) is -0.243. The number of piperidine rings is 1. The van der Waals surface area contributed by atoms with Crippen molar-refractivity contribution in [1.82, 2.24) is 5.32 Å². The van der Waals surface area contributed by atoms with Crippen LogP contribution in [0, 0.1) is 16.7 Å². The quantitative estimate of drug-likeness (QED) is 0.587. The molecule has 3 aliphatic rings. The Balaban J connectivity index is 2.08. The monoisotopic (exact) mass is 355 g/mol. The number of nitrogens with one attached hydrogen (secondary N) is 1. The molecule has 2 aliphatic carbocycles. The van der Waals surface area contributed by atoms with Crippen LogP contribution in [0.25, 0.3) is 0 Å². The van der Waals surface area contributed by atoms with E-state index in [4.69, 9.17) is 18.9 Å². The van der Waals surface area contributed by atoms with E-state index in [1.54, 1.807) is 14.2 Å². The number of hydrogen-bond acceptors (Lipinski definition) is 7. The predicted octanol–water partition coefficient (Wildman–Crippen LogP) is 1.25. The van der Waals surface area contributed by atoms with Gasteiger partial charge in [0.1, 0.15) is 12.1 Å². The maximum Gasteiger partial charge on any atom is 0.323 e. The molecule has 5 atom stereocenters. The molecule has 0 amide bonds. The molecule has 142 valence electrons. The van der Waals surface area contributed by atoms with Crippen LogP contribution in [-0.4, -0.2) is 58.8 Å². The van der Waals surface area contributed by atoms with Gasteiger partial charge in [0.25, 0.3) is 0 Å². The maximum atomic E-state index is 12.6. The second-order valence-corrected chi connectivity index (χ2v) is 7.65. The van der Waals surface area contributed by atoms with E-state index >= 15 is 0 Å². The van der Waals surface area contributed by atoms with E-state index in [2.05, 4.69) is 5.32 Å². The molecule has 25 heavy (non-hydrogen) atoms. The van der Waals surface area contributed by atoms with E-state index in [0.29, 0.717) is 12.3 Å². The summed E-state index contributed by atoms with van der Waals surface area (Å²) in [5, 5.41) is 3.30. The fourth-order valence-corrected chi connectivity index (χ4v) is 5.95. The zero-order valence-corrected chi connectivity index (χ0v) is 15.5. The van der Waals surface area contributed by atoms with Crippen molar-refractivity contribution in [2.45, 2.75) is 56.9 Å². The molecule has 0 aromatic carbocycles. The van der Waals surface area contributed by atoms with Gasteiger partial charge in [-0.1, -0.05) is 6.42 Å². The first-order valence-electron chi connectivity index (χ1n) is 8.96. The summed E-state index contributed by atoms with van der Waals surface area (Å²) in [4.78, 5) is 25.2. The number of ether oxygens (including phenoxy) is 4. The second-order valence-electron chi connectivity index (χ2n) is 7.65. The second kappa shape index (κ2) is 6.85. The van der Waals surface area contributed by atoms with Gasteiger partial charge in [0.05, 0.1) is 14.2 Å². The van der Waals surface area contributed by atoms with Crippen molar-refractivity contribution < 1.29 is 28.5 Å². The molecule has 1 N–H and O–H groups in total. The number of esters is 2. The van der Waals surface area contributed by atoms with Crippen molar-refractivity contribution >= 4 is 11.9 Å². The van der Waals surface area contributed by atoms with Crippen molar-refractivity contribution in [1.29, 1.82) is 0 Å². The molecule has 0 aromatic heterocycles. The molecule has 7 nitrogen and oxygen atoms in total. The largest absolute Gasteiger partial charge is 0.468 e. The predicted molar refractivity (Wildman–Crippen MR) is 88.6 cm³/mol. The normalized spacial score (nSPS) is 39.8. The molecule has 3 rings (SSSR count). The highest BCUT2D eigenvalue weighted by Gasteiger charge is 2.67. The standard InChI is InChI=1S/C18H29NO6/c1-22-14(20)12-17-8-5-6-11(17)7-9-18(10-17,16(24-3)25-4)13(19-12)15(21)23-2/h11-13,16,19H,5-10H2,1-4H3/t11-,12?,13?,17?,18-/m0/s1. The summed E-state index contributed by atoms with van der Waals surface area (Å²) in [6.07, 6.45) is 5.05. The number of carbonyl (C=O) groups is 2. The van der Waals surface area contributed by atoms with Gasteiger partial charge in [-0.3, -0.25) is 14.9 Å². The lowest BCUT2D eigenvalue weighted by molar-refractivity contribution is -0.238. The highest BCUT2D eigenvalue weighted by atomic mass is 16.7. The highest BCUT2D eigenvalue weighted by Crippen LogP contribution is 2.64. The van der Waals surface area contributed by atoms with E-state index in [0.717, 1.165) is 32.1 Å². The molecular formula is C18H29NO6. The minimum Gasteiger partial charge on any atom is -0.468 e. The molecule has 2 bridgehead atoms. The smallest absolute Gasteiger partial charge is 0.323 e. The van der Waals surface area contributed by atoms with Gasteiger partial charge < -0.3 is 18.9 Å². The molecule has 3 unspecified atom stereocenters. The fraction of sp³-hybridized carbons (Fsp3) is 0.889. The summed E-state index contributed by atoms with van der Waals surface area (Å²) in [5.41, 5.74) is -0.771. The minimum atomic E-state index is -0.668. The third-order valence-corrected chi connectivity index (χ3v) is 6.88. The van der Waals surface area contributed by atoms with E-state index < -0.39 is 23.8 Å². The van der Waals surface area contributed by atoms with Crippen LogP contribution >= 0.6 is 0 Å². The lowest BCUT2D eigenvalue weighted by Crippen LogP contribution is -2.73. The first kappa shape index (κ1) is 18.6. The van der Waals surface area contributed by atoms with Gasteiger partial charge in [-0.15, -0.1) is 0 Å². The van der Waals surface area contributed by atoms with Gasteiger partial charge in [0.15, 0.2) is 6.29 Å². The Kier molecular flexibility index (Phi) is 5.10. The van der Waals surface area contributed by atoms with Crippen molar-refractivity contribution in [2.75, 3.05) is 28.4 Å². The maximum absolute atomic E-state index is 12.6. The van der Waals surface area contributed by atoms with Crippen LogP contribution in [0.5, 0.6) is 0 Å². The first-order valence-corrected chi connectivity index (χ1v) is 8.96. The van der Waals surface area contributed by atoms with Gasteiger partial charge in [-0.2, -0.15) is 0 Å². The molecule has 1 saturated heterocycles. The summed E-state index contributed by atoms with van der Waals surface area (Å²) in [6.45, 7) is 0. The molecule has 1 heterocycles. The molecule has 0 aromatic rings. The summed E-state index contributed by atoms with van der Waals surface area (Å²) < 4.78 is 21.4. The molecule has 7 heteroatoms. The summed E-state index contributed by atoms with van der Waals surface area (Å²) in [7, 11) is 5.95. The van der Waals surface area contributed by atoms with Gasteiger partial charge in [-0.25, -0.2) is 0 Å². The molecule has 1 aliphatic heterocycles.